The van der Waals surface area contributed by atoms with Gasteiger partial charge in [0, 0.05) is 23.1 Å². The number of hydrogen-bond donors (Lipinski definition) is 4. The van der Waals surface area contributed by atoms with Crippen molar-refractivity contribution < 1.29 is 9.84 Å². The van der Waals surface area contributed by atoms with E-state index in [4.69, 9.17) is 16.3 Å². The number of rotatable bonds is 3. The van der Waals surface area contributed by atoms with Gasteiger partial charge in [-0.3, -0.25) is 9.78 Å². The van der Waals surface area contributed by atoms with Gasteiger partial charge in [0.2, 0.25) is 5.88 Å². The third kappa shape index (κ3) is 3.03. The van der Waals surface area contributed by atoms with Crippen LogP contribution in [0.2, 0.25) is 5.02 Å². The van der Waals surface area contributed by atoms with Crippen LogP contribution in [0.25, 0.3) is 16.6 Å². The molecule has 0 fully saturated rings. The van der Waals surface area contributed by atoms with Gasteiger partial charge in [0.25, 0.3) is 5.56 Å². The Kier molecular flexibility index (Phi) is 4.60. The number of para-hydroxylation sites is 1. The summed E-state index contributed by atoms with van der Waals surface area (Å²) in [5, 5.41) is 15.6. The summed E-state index contributed by atoms with van der Waals surface area (Å²) in [6.45, 7) is 0.589. The molecule has 8 nitrogen and oxygen atoms in total. The van der Waals surface area contributed by atoms with Crippen LogP contribution in [0.4, 0.5) is 0 Å². The maximum Gasteiger partial charge on any atom is 0.335 e. The van der Waals surface area contributed by atoms with Crippen LogP contribution in [0, 0.1) is 0 Å². The molecule has 5 rings (SSSR count). The van der Waals surface area contributed by atoms with Gasteiger partial charge >= 0.3 is 5.69 Å². The van der Waals surface area contributed by atoms with Gasteiger partial charge in [0.05, 0.1) is 23.9 Å². The summed E-state index contributed by atoms with van der Waals surface area (Å²) in [6.07, 6.45) is 0.738. The second-order valence-electron chi connectivity index (χ2n) is 7.35. The molecule has 4 N–H and O–H groups in total. The molecule has 9 heteroatoms. The van der Waals surface area contributed by atoms with Gasteiger partial charge in [-0.25, -0.2) is 9.36 Å². The number of H-pyrrole nitrogens is 2. The fourth-order valence-electron chi connectivity index (χ4n) is 4.24. The minimum absolute atomic E-state index is 0.0407. The molecule has 0 bridgehead atoms. The number of aromatic hydroxyl groups is 1. The highest BCUT2D eigenvalue weighted by Gasteiger charge is 2.31. The van der Waals surface area contributed by atoms with Gasteiger partial charge in [-0.2, -0.15) is 0 Å². The van der Waals surface area contributed by atoms with Crippen molar-refractivity contribution in [3.8, 4) is 17.3 Å². The van der Waals surface area contributed by atoms with Gasteiger partial charge in [-0.1, -0.05) is 23.7 Å². The highest BCUT2D eigenvalue weighted by Crippen LogP contribution is 2.36. The molecule has 0 saturated heterocycles. The maximum absolute atomic E-state index is 12.8. The van der Waals surface area contributed by atoms with Crippen LogP contribution < -0.4 is 21.3 Å². The van der Waals surface area contributed by atoms with E-state index in [0.29, 0.717) is 6.54 Å². The first-order valence-corrected chi connectivity index (χ1v) is 10.1. The van der Waals surface area contributed by atoms with Crippen molar-refractivity contribution in [3.05, 3.63) is 85.1 Å². The van der Waals surface area contributed by atoms with Crippen LogP contribution in [-0.4, -0.2) is 33.3 Å². The molecule has 1 aliphatic rings. The average molecular weight is 439 g/mol. The number of methoxy groups -OCH3 is 1. The molecule has 158 valence electrons. The highest BCUT2D eigenvalue weighted by atomic mass is 35.5. The van der Waals surface area contributed by atoms with E-state index in [-0.39, 0.29) is 16.3 Å². The number of aromatic amines is 2. The second-order valence-corrected chi connectivity index (χ2v) is 7.76. The van der Waals surface area contributed by atoms with Gasteiger partial charge in [-0.15, -0.1) is 0 Å². The lowest BCUT2D eigenvalue weighted by molar-refractivity contribution is 0.409. The summed E-state index contributed by atoms with van der Waals surface area (Å²) in [4.78, 5) is 31.0. The lowest BCUT2D eigenvalue weighted by atomic mass is 9.95. The molecule has 0 amide bonds. The Hall–Kier alpha value is -3.49. The first-order chi connectivity index (χ1) is 15.0. The monoisotopic (exact) mass is 438 g/mol. The van der Waals surface area contributed by atoms with E-state index in [1.54, 1.807) is 31.4 Å². The zero-order valence-electron chi connectivity index (χ0n) is 16.5. The number of ether oxygens (including phenoxy) is 1. The van der Waals surface area contributed by atoms with E-state index >= 15 is 0 Å². The first kappa shape index (κ1) is 19.5. The summed E-state index contributed by atoms with van der Waals surface area (Å²) >= 11 is 6.25. The first-order valence-electron chi connectivity index (χ1n) is 9.74. The van der Waals surface area contributed by atoms with E-state index in [1.807, 2.05) is 18.2 Å². The van der Waals surface area contributed by atoms with E-state index in [9.17, 15) is 14.7 Å². The van der Waals surface area contributed by atoms with Crippen LogP contribution in [0.1, 0.15) is 22.9 Å². The van der Waals surface area contributed by atoms with Crippen molar-refractivity contribution in [2.75, 3.05) is 13.7 Å². The molecule has 31 heavy (non-hydrogen) atoms. The number of nitrogens with one attached hydrogen (secondary N) is 3. The Bertz CT molecular complexity index is 1440. The lowest BCUT2D eigenvalue weighted by Crippen LogP contribution is -2.38. The predicted molar refractivity (Wildman–Crippen MR) is 118 cm³/mol. The fraction of sp³-hybridized carbons (Fsp3) is 0.182. The van der Waals surface area contributed by atoms with Crippen LogP contribution in [-0.2, 0) is 6.42 Å². The van der Waals surface area contributed by atoms with Crippen molar-refractivity contribution in [1.82, 2.24) is 19.9 Å². The Morgan fingerprint density at radius 1 is 1.16 bits per heavy atom. The molecule has 0 saturated carbocycles. The fourth-order valence-corrected chi connectivity index (χ4v) is 4.46. The Morgan fingerprint density at radius 3 is 2.74 bits per heavy atom. The molecule has 0 unspecified atom stereocenters. The molecular weight excluding hydrogens is 420 g/mol. The third-order valence-corrected chi connectivity index (χ3v) is 5.98. The molecule has 4 aromatic rings. The molecule has 0 aliphatic carbocycles. The quantitative estimate of drug-likeness (QED) is 0.393. The standard InChI is InChI=1S/C22H19ClN4O4/c1-31-11-6-7-15-13(10-11)12-8-9-24-19(18(12)25-15)17-20(28)26-22(30)27(21(17)29)16-5-3-2-4-14(16)23/h2-7,10,19,24-25,29H,8-9H2,1H3,(H,26,28,30)/t19-/m1/s1. The summed E-state index contributed by atoms with van der Waals surface area (Å²) < 4.78 is 6.36. The smallest absolute Gasteiger partial charge is 0.335 e. The molecule has 0 radical (unpaired) electrons. The van der Waals surface area contributed by atoms with Crippen molar-refractivity contribution >= 4 is 22.5 Å². The minimum atomic E-state index is -0.767. The van der Waals surface area contributed by atoms with Crippen LogP contribution in [0.3, 0.4) is 0 Å². The lowest BCUT2D eigenvalue weighted by Gasteiger charge is -2.25. The van der Waals surface area contributed by atoms with E-state index < -0.39 is 23.2 Å². The summed E-state index contributed by atoms with van der Waals surface area (Å²) in [7, 11) is 1.61. The minimum Gasteiger partial charge on any atom is -0.497 e. The largest absolute Gasteiger partial charge is 0.497 e. The van der Waals surface area contributed by atoms with Crippen molar-refractivity contribution in [3.63, 3.8) is 0 Å². The predicted octanol–water partition coefficient (Wildman–Crippen LogP) is 2.61. The molecule has 0 spiro atoms. The Balaban J connectivity index is 1.74. The van der Waals surface area contributed by atoms with E-state index in [2.05, 4.69) is 15.3 Å². The van der Waals surface area contributed by atoms with E-state index in [0.717, 1.165) is 38.9 Å². The number of halogens is 1. The number of aromatic nitrogens is 3. The molecule has 2 aromatic heterocycles. The Morgan fingerprint density at radius 2 is 1.97 bits per heavy atom. The number of fused-ring (bicyclic) bond motifs is 3. The third-order valence-electron chi connectivity index (χ3n) is 5.66. The number of benzene rings is 2. The molecular formula is C22H19ClN4O4. The van der Waals surface area contributed by atoms with Crippen molar-refractivity contribution in [1.29, 1.82) is 0 Å². The van der Waals surface area contributed by atoms with Gasteiger partial charge in [-0.05, 0) is 42.3 Å². The van der Waals surface area contributed by atoms with Gasteiger partial charge in [0.15, 0.2) is 0 Å². The molecule has 1 atom stereocenters. The summed E-state index contributed by atoms with van der Waals surface area (Å²) in [6, 6.07) is 11.7. The van der Waals surface area contributed by atoms with Gasteiger partial charge in [0.1, 0.15) is 11.3 Å². The van der Waals surface area contributed by atoms with Crippen LogP contribution in [0.15, 0.2) is 52.1 Å². The number of nitrogens with zero attached hydrogens (tertiary/aromatic N) is 1. The maximum atomic E-state index is 12.8. The SMILES string of the molecule is COc1ccc2[nH]c3c(c2c1)CCN[C@@H]3c1c(O)n(-c2ccccc2Cl)c(=O)[nH]c1=O. The topological polar surface area (TPSA) is 112 Å². The van der Waals surface area contributed by atoms with Crippen molar-refractivity contribution in [2.24, 2.45) is 0 Å². The normalized spacial score (nSPS) is 15.7. The summed E-state index contributed by atoms with van der Waals surface area (Å²) in [5.74, 6) is 0.279. The zero-order valence-corrected chi connectivity index (χ0v) is 17.3. The molecule has 1 aliphatic heterocycles. The van der Waals surface area contributed by atoms with E-state index in [1.165, 1.54) is 0 Å². The van der Waals surface area contributed by atoms with Crippen LogP contribution >= 0.6 is 11.6 Å². The van der Waals surface area contributed by atoms with Gasteiger partial charge < -0.3 is 20.1 Å². The zero-order chi connectivity index (χ0) is 21.7. The second kappa shape index (κ2) is 7.33. The number of hydrogen-bond acceptors (Lipinski definition) is 5. The molecule has 3 heterocycles. The van der Waals surface area contributed by atoms with Crippen molar-refractivity contribution in [2.45, 2.75) is 12.5 Å². The average Bonchev–Trinajstić information content (AvgIpc) is 3.13. The summed E-state index contributed by atoms with van der Waals surface area (Å²) in [5.41, 5.74) is 1.59. The molecule has 2 aromatic carbocycles. The Labute approximate surface area is 181 Å². The van der Waals surface area contributed by atoms with Crippen LogP contribution in [0.5, 0.6) is 11.6 Å². The highest BCUT2D eigenvalue weighted by molar-refractivity contribution is 6.32.